The molecule has 0 radical (unpaired) electrons. The third-order valence-corrected chi connectivity index (χ3v) is 7.31. The minimum Gasteiger partial charge on any atom is -0.316 e. The van der Waals surface area contributed by atoms with E-state index in [-0.39, 0.29) is 16.6 Å². The molecule has 0 N–H and O–H groups in total. The van der Waals surface area contributed by atoms with Crippen LogP contribution in [0.3, 0.4) is 0 Å². The summed E-state index contributed by atoms with van der Waals surface area (Å²) < 4.78 is 27.0. The third kappa shape index (κ3) is 3.75. The highest BCUT2D eigenvalue weighted by Gasteiger charge is 2.14. The van der Waals surface area contributed by atoms with Gasteiger partial charge in [-0.2, -0.15) is 4.99 Å². The van der Waals surface area contributed by atoms with Crippen molar-refractivity contribution < 1.29 is 13.2 Å². The predicted octanol–water partition coefficient (Wildman–Crippen LogP) is 3.82. The number of carbonyl (C=O) groups excluding carboxylic acids is 1. The second-order valence-electron chi connectivity index (χ2n) is 6.09. The molecule has 0 aliphatic heterocycles. The summed E-state index contributed by atoms with van der Waals surface area (Å²) in [5.41, 5.74) is 2.73. The Morgan fingerprint density at radius 3 is 2.37 bits per heavy atom. The number of aryl methyl sites for hydroxylation is 2. The van der Waals surface area contributed by atoms with Crippen molar-refractivity contribution in [3.63, 3.8) is 0 Å². The predicted molar refractivity (Wildman–Crippen MR) is 109 cm³/mol. The molecule has 0 saturated carbocycles. The molecule has 7 heteroatoms. The Bertz CT molecular complexity index is 1150. The maximum atomic E-state index is 12.6. The molecule has 0 unspecified atom stereocenters. The lowest BCUT2D eigenvalue weighted by Gasteiger charge is -2.05. The van der Waals surface area contributed by atoms with E-state index in [1.807, 2.05) is 19.1 Å². The smallest absolute Gasteiger partial charge is 0.279 e. The standard InChI is InChI=1S/C20H22N2O3S2/c1-4-14-8-7-9-17-18(14)22(5-2)20(26-17)21-19(23)15-10-12-16(13-11-15)27(24,25)6-3/h7-13H,4-6H2,1-3H3. The molecule has 1 heterocycles. The molecule has 0 aliphatic rings. The molecule has 2 aromatic carbocycles. The summed E-state index contributed by atoms with van der Waals surface area (Å²) >= 11 is 1.49. The van der Waals surface area contributed by atoms with Gasteiger partial charge in [0.2, 0.25) is 0 Å². The quantitative estimate of drug-likeness (QED) is 0.651. The second kappa shape index (κ2) is 7.78. The van der Waals surface area contributed by atoms with Gasteiger partial charge in [0.05, 0.1) is 20.9 Å². The first kappa shape index (κ1) is 19.5. The first-order chi connectivity index (χ1) is 12.9. The van der Waals surface area contributed by atoms with Crippen LogP contribution in [0.25, 0.3) is 10.2 Å². The van der Waals surface area contributed by atoms with Crippen LogP contribution >= 0.6 is 11.3 Å². The van der Waals surface area contributed by atoms with Crippen molar-refractivity contribution in [2.75, 3.05) is 5.75 Å². The van der Waals surface area contributed by atoms with Crippen molar-refractivity contribution in [2.45, 2.75) is 38.6 Å². The summed E-state index contributed by atoms with van der Waals surface area (Å²) in [4.78, 5) is 17.8. The van der Waals surface area contributed by atoms with Crippen LogP contribution in [0.2, 0.25) is 0 Å². The van der Waals surface area contributed by atoms with E-state index in [1.165, 1.54) is 41.2 Å². The van der Waals surface area contributed by atoms with Crippen LogP contribution in [0, 0.1) is 0 Å². The van der Waals surface area contributed by atoms with Crippen molar-refractivity contribution in [2.24, 2.45) is 4.99 Å². The van der Waals surface area contributed by atoms with E-state index in [4.69, 9.17) is 0 Å². The van der Waals surface area contributed by atoms with Crippen molar-refractivity contribution in [3.05, 3.63) is 58.4 Å². The molecule has 0 fully saturated rings. The Morgan fingerprint density at radius 1 is 1.07 bits per heavy atom. The van der Waals surface area contributed by atoms with Gasteiger partial charge in [-0.3, -0.25) is 4.79 Å². The van der Waals surface area contributed by atoms with E-state index in [9.17, 15) is 13.2 Å². The van der Waals surface area contributed by atoms with Crippen LogP contribution in [0.5, 0.6) is 0 Å². The molecule has 3 rings (SSSR count). The number of nitrogens with zero attached hydrogens (tertiary/aromatic N) is 2. The largest absolute Gasteiger partial charge is 0.316 e. The molecule has 27 heavy (non-hydrogen) atoms. The Hall–Kier alpha value is -2.25. The zero-order valence-electron chi connectivity index (χ0n) is 15.6. The molecule has 0 saturated heterocycles. The van der Waals surface area contributed by atoms with Gasteiger partial charge in [-0.05, 0) is 49.2 Å². The summed E-state index contributed by atoms with van der Waals surface area (Å²) in [6.07, 6.45) is 0.912. The molecule has 1 aromatic heterocycles. The number of benzene rings is 2. The summed E-state index contributed by atoms with van der Waals surface area (Å²) in [6.45, 7) is 6.46. The van der Waals surface area contributed by atoms with Crippen LogP contribution in [0.1, 0.15) is 36.7 Å². The zero-order valence-corrected chi connectivity index (χ0v) is 17.2. The number of hydrogen-bond donors (Lipinski definition) is 0. The highest BCUT2D eigenvalue weighted by molar-refractivity contribution is 7.91. The number of hydrogen-bond acceptors (Lipinski definition) is 4. The monoisotopic (exact) mass is 402 g/mol. The fourth-order valence-corrected chi connectivity index (χ4v) is 5.01. The molecule has 1 amide bonds. The highest BCUT2D eigenvalue weighted by atomic mass is 32.2. The van der Waals surface area contributed by atoms with Crippen LogP contribution in [-0.4, -0.2) is 24.6 Å². The SMILES string of the molecule is CCc1cccc2sc(=NC(=O)c3ccc(S(=O)(=O)CC)cc3)n(CC)c12. The van der Waals surface area contributed by atoms with Gasteiger partial charge in [0, 0.05) is 12.1 Å². The Morgan fingerprint density at radius 2 is 1.78 bits per heavy atom. The van der Waals surface area contributed by atoms with Gasteiger partial charge >= 0.3 is 0 Å². The van der Waals surface area contributed by atoms with E-state index in [0.29, 0.717) is 10.4 Å². The molecule has 0 atom stereocenters. The van der Waals surface area contributed by atoms with Gasteiger partial charge in [-0.1, -0.05) is 37.3 Å². The summed E-state index contributed by atoms with van der Waals surface area (Å²) in [5.74, 6) is -0.342. The number of fused-ring (bicyclic) bond motifs is 1. The second-order valence-corrected chi connectivity index (χ2v) is 9.38. The fourth-order valence-electron chi connectivity index (χ4n) is 2.99. The summed E-state index contributed by atoms with van der Waals surface area (Å²) in [5, 5.41) is 0. The zero-order chi connectivity index (χ0) is 19.6. The number of aromatic nitrogens is 1. The van der Waals surface area contributed by atoms with Gasteiger partial charge in [-0.15, -0.1) is 0 Å². The Balaban J connectivity index is 2.05. The lowest BCUT2D eigenvalue weighted by atomic mass is 10.1. The molecular weight excluding hydrogens is 380 g/mol. The van der Waals surface area contributed by atoms with Crippen molar-refractivity contribution in [1.82, 2.24) is 4.57 Å². The molecule has 142 valence electrons. The molecule has 0 bridgehead atoms. The average molecular weight is 403 g/mol. The first-order valence-corrected chi connectivity index (χ1v) is 11.4. The fraction of sp³-hybridized carbons (Fsp3) is 0.300. The first-order valence-electron chi connectivity index (χ1n) is 8.94. The van der Waals surface area contributed by atoms with Crippen molar-refractivity contribution >= 4 is 37.3 Å². The van der Waals surface area contributed by atoms with E-state index in [2.05, 4.69) is 22.5 Å². The van der Waals surface area contributed by atoms with Gasteiger partial charge in [0.25, 0.3) is 5.91 Å². The van der Waals surface area contributed by atoms with Crippen molar-refractivity contribution in [1.29, 1.82) is 0 Å². The number of thiazole rings is 1. The third-order valence-electron chi connectivity index (χ3n) is 4.52. The average Bonchev–Trinajstić information content (AvgIpc) is 3.05. The van der Waals surface area contributed by atoms with Crippen LogP contribution in [0.4, 0.5) is 0 Å². The Labute approximate surface area is 162 Å². The summed E-state index contributed by atoms with van der Waals surface area (Å²) in [7, 11) is -3.28. The van der Waals surface area contributed by atoms with E-state index in [1.54, 1.807) is 6.92 Å². The number of rotatable bonds is 5. The minimum atomic E-state index is -3.28. The topological polar surface area (TPSA) is 68.5 Å². The number of amides is 1. The van der Waals surface area contributed by atoms with E-state index < -0.39 is 9.84 Å². The number of sulfone groups is 1. The lowest BCUT2D eigenvalue weighted by Crippen LogP contribution is -2.16. The van der Waals surface area contributed by atoms with Crippen LogP contribution in [0.15, 0.2) is 52.4 Å². The molecular formula is C20H22N2O3S2. The summed E-state index contributed by atoms with van der Waals surface area (Å²) in [6, 6.07) is 12.1. The number of carbonyl (C=O) groups is 1. The number of para-hydroxylation sites is 1. The van der Waals surface area contributed by atoms with E-state index in [0.717, 1.165) is 23.2 Å². The molecule has 0 aliphatic carbocycles. The molecule has 5 nitrogen and oxygen atoms in total. The normalized spacial score (nSPS) is 12.6. The van der Waals surface area contributed by atoms with Crippen molar-refractivity contribution in [3.8, 4) is 0 Å². The van der Waals surface area contributed by atoms with Gasteiger partial charge in [0.15, 0.2) is 14.6 Å². The highest BCUT2D eigenvalue weighted by Crippen LogP contribution is 2.22. The minimum absolute atomic E-state index is 0.0305. The molecule has 3 aromatic rings. The maximum absolute atomic E-state index is 12.6. The van der Waals surface area contributed by atoms with Gasteiger partial charge < -0.3 is 4.57 Å². The van der Waals surface area contributed by atoms with Crippen LogP contribution in [-0.2, 0) is 22.8 Å². The van der Waals surface area contributed by atoms with Gasteiger partial charge in [-0.25, -0.2) is 8.42 Å². The maximum Gasteiger partial charge on any atom is 0.279 e. The van der Waals surface area contributed by atoms with E-state index >= 15 is 0 Å². The molecule has 0 spiro atoms. The van der Waals surface area contributed by atoms with Gasteiger partial charge in [0.1, 0.15) is 0 Å². The lowest BCUT2D eigenvalue weighted by molar-refractivity contribution is 0.0997. The Kier molecular flexibility index (Phi) is 5.62. The van der Waals surface area contributed by atoms with Crippen LogP contribution < -0.4 is 4.80 Å².